The van der Waals surface area contributed by atoms with Crippen molar-refractivity contribution in [3.8, 4) is 0 Å². The molecule has 0 aromatic carbocycles. The zero-order chi connectivity index (χ0) is 13.7. The van der Waals surface area contributed by atoms with Gasteiger partial charge in [0.25, 0.3) is 0 Å². The Morgan fingerprint density at radius 3 is 2.78 bits per heavy atom. The SMILES string of the molecule is CC[C@H](C(N)=O)N1CC(CNC(=O)CBr)CC1=O. The summed E-state index contributed by atoms with van der Waals surface area (Å²) in [5.74, 6) is -0.605. The van der Waals surface area contributed by atoms with Gasteiger partial charge < -0.3 is 16.0 Å². The van der Waals surface area contributed by atoms with Crippen LogP contribution in [0, 0.1) is 5.92 Å². The van der Waals surface area contributed by atoms with Crippen molar-refractivity contribution in [1.29, 1.82) is 0 Å². The van der Waals surface area contributed by atoms with E-state index in [1.54, 1.807) is 0 Å². The molecule has 0 aromatic heterocycles. The van der Waals surface area contributed by atoms with E-state index in [2.05, 4.69) is 21.2 Å². The molecule has 1 aliphatic heterocycles. The van der Waals surface area contributed by atoms with Crippen LogP contribution in [0.15, 0.2) is 0 Å². The quantitative estimate of drug-likeness (QED) is 0.653. The predicted octanol–water partition coefficient (Wildman–Crippen LogP) is -0.390. The molecule has 6 nitrogen and oxygen atoms in total. The minimum absolute atomic E-state index is 0.0499. The van der Waals surface area contributed by atoms with Crippen LogP contribution in [0.1, 0.15) is 19.8 Å². The summed E-state index contributed by atoms with van der Waals surface area (Å²) >= 11 is 3.05. The highest BCUT2D eigenvalue weighted by molar-refractivity contribution is 9.09. The largest absolute Gasteiger partial charge is 0.368 e. The van der Waals surface area contributed by atoms with Crippen molar-refractivity contribution in [3.63, 3.8) is 0 Å². The Kier molecular flexibility index (Phi) is 5.58. The molecule has 102 valence electrons. The van der Waals surface area contributed by atoms with Crippen molar-refractivity contribution in [2.75, 3.05) is 18.4 Å². The molecule has 0 spiro atoms. The number of carbonyl (C=O) groups excluding carboxylic acids is 3. The molecule has 1 saturated heterocycles. The van der Waals surface area contributed by atoms with Gasteiger partial charge in [0.2, 0.25) is 17.7 Å². The molecule has 0 saturated carbocycles. The van der Waals surface area contributed by atoms with Crippen LogP contribution in [0.3, 0.4) is 0 Å². The first-order valence-corrected chi connectivity index (χ1v) is 7.03. The molecule has 3 N–H and O–H groups in total. The highest BCUT2D eigenvalue weighted by atomic mass is 79.9. The summed E-state index contributed by atoms with van der Waals surface area (Å²) in [7, 11) is 0. The first kappa shape index (κ1) is 14.9. The minimum atomic E-state index is -0.533. The Hall–Kier alpha value is -1.11. The number of carbonyl (C=O) groups is 3. The molecule has 0 radical (unpaired) electrons. The molecule has 18 heavy (non-hydrogen) atoms. The van der Waals surface area contributed by atoms with Gasteiger partial charge in [-0.15, -0.1) is 0 Å². The highest BCUT2D eigenvalue weighted by Crippen LogP contribution is 2.20. The number of likely N-dealkylation sites (tertiary alicyclic amines) is 1. The van der Waals surface area contributed by atoms with Crippen molar-refractivity contribution in [1.82, 2.24) is 10.2 Å². The maximum absolute atomic E-state index is 11.8. The van der Waals surface area contributed by atoms with Gasteiger partial charge >= 0.3 is 0 Å². The van der Waals surface area contributed by atoms with Gasteiger partial charge in [0.15, 0.2) is 0 Å². The lowest BCUT2D eigenvalue weighted by atomic mass is 10.1. The zero-order valence-corrected chi connectivity index (χ0v) is 11.9. The average molecular weight is 320 g/mol. The molecule has 0 aliphatic carbocycles. The second kappa shape index (κ2) is 6.72. The average Bonchev–Trinajstić information content (AvgIpc) is 2.68. The predicted molar refractivity (Wildman–Crippen MR) is 69.9 cm³/mol. The summed E-state index contributed by atoms with van der Waals surface area (Å²) in [6.07, 6.45) is 0.869. The molecule has 7 heteroatoms. The van der Waals surface area contributed by atoms with Gasteiger partial charge in [0, 0.05) is 25.4 Å². The van der Waals surface area contributed by atoms with Crippen molar-refractivity contribution in [2.45, 2.75) is 25.8 Å². The Morgan fingerprint density at radius 2 is 2.28 bits per heavy atom. The fraction of sp³-hybridized carbons (Fsp3) is 0.727. The van der Waals surface area contributed by atoms with Gasteiger partial charge in [-0.05, 0) is 6.42 Å². The molecule has 0 bridgehead atoms. The van der Waals surface area contributed by atoms with E-state index in [4.69, 9.17) is 5.73 Å². The molecule has 1 unspecified atom stereocenters. The number of primary amides is 1. The summed E-state index contributed by atoms with van der Waals surface area (Å²) in [6, 6.07) is -0.533. The molecule has 0 aromatic rings. The van der Waals surface area contributed by atoms with Crippen LogP contribution >= 0.6 is 15.9 Å². The standard InChI is InChI=1S/C11H18BrN3O3/c1-2-8(11(13)18)15-6-7(3-10(15)17)5-14-9(16)4-12/h7-8H,2-6H2,1H3,(H2,13,18)(H,14,16)/t7?,8-/m1/s1. The van der Waals surface area contributed by atoms with Crippen molar-refractivity contribution in [2.24, 2.45) is 11.7 Å². The number of nitrogens with one attached hydrogen (secondary N) is 1. The van der Waals surface area contributed by atoms with Gasteiger partial charge in [-0.25, -0.2) is 0 Å². The lowest BCUT2D eigenvalue weighted by molar-refractivity contribution is -0.136. The van der Waals surface area contributed by atoms with Gasteiger partial charge in [0.05, 0.1) is 5.33 Å². The van der Waals surface area contributed by atoms with E-state index in [1.165, 1.54) is 4.90 Å². The molecule has 1 rings (SSSR count). The maximum atomic E-state index is 11.8. The minimum Gasteiger partial charge on any atom is -0.368 e. The third kappa shape index (κ3) is 3.69. The van der Waals surface area contributed by atoms with Gasteiger partial charge in [0.1, 0.15) is 6.04 Å². The van der Waals surface area contributed by atoms with E-state index in [9.17, 15) is 14.4 Å². The summed E-state index contributed by atoms with van der Waals surface area (Å²) in [6.45, 7) is 2.74. The monoisotopic (exact) mass is 319 g/mol. The van der Waals surface area contributed by atoms with E-state index < -0.39 is 11.9 Å². The normalized spacial score (nSPS) is 20.9. The van der Waals surface area contributed by atoms with Gasteiger partial charge in [-0.3, -0.25) is 14.4 Å². The van der Waals surface area contributed by atoms with Crippen LogP contribution in [0.25, 0.3) is 0 Å². The molecule has 1 aliphatic rings. The molecular formula is C11H18BrN3O3. The number of amides is 3. The Balaban J connectivity index is 2.53. The third-order valence-electron chi connectivity index (χ3n) is 3.04. The van der Waals surface area contributed by atoms with Crippen LogP contribution in [0.2, 0.25) is 0 Å². The number of hydrogen-bond donors (Lipinski definition) is 2. The maximum Gasteiger partial charge on any atom is 0.240 e. The van der Waals surface area contributed by atoms with Crippen LogP contribution in [-0.2, 0) is 14.4 Å². The van der Waals surface area contributed by atoms with Gasteiger partial charge in [-0.1, -0.05) is 22.9 Å². The fourth-order valence-electron chi connectivity index (χ4n) is 2.13. The highest BCUT2D eigenvalue weighted by Gasteiger charge is 2.35. The number of alkyl halides is 1. The second-order valence-corrected chi connectivity index (χ2v) is 4.94. The molecule has 1 fully saturated rings. The number of hydrogen-bond acceptors (Lipinski definition) is 3. The Labute approximate surface area is 114 Å². The van der Waals surface area contributed by atoms with E-state index in [1.807, 2.05) is 6.92 Å². The lowest BCUT2D eigenvalue weighted by Crippen LogP contribution is -2.45. The number of nitrogens with zero attached hydrogens (tertiary/aromatic N) is 1. The van der Waals surface area contributed by atoms with Crippen molar-refractivity contribution < 1.29 is 14.4 Å². The topological polar surface area (TPSA) is 92.5 Å². The second-order valence-electron chi connectivity index (χ2n) is 4.38. The lowest BCUT2D eigenvalue weighted by Gasteiger charge is -2.24. The molecule has 2 atom stereocenters. The van der Waals surface area contributed by atoms with Gasteiger partial charge in [-0.2, -0.15) is 0 Å². The van der Waals surface area contributed by atoms with Crippen LogP contribution in [0.5, 0.6) is 0 Å². The Morgan fingerprint density at radius 1 is 1.61 bits per heavy atom. The summed E-state index contributed by atoms with van der Waals surface area (Å²) in [5, 5.41) is 2.97. The van der Waals surface area contributed by atoms with Crippen LogP contribution in [-0.4, -0.2) is 47.1 Å². The molecule has 3 amide bonds. The van der Waals surface area contributed by atoms with E-state index in [-0.39, 0.29) is 23.1 Å². The number of nitrogens with two attached hydrogens (primary N) is 1. The summed E-state index contributed by atoms with van der Waals surface area (Å²) < 4.78 is 0. The first-order valence-electron chi connectivity index (χ1n) is 5.91. The Bertz CT molecular complexity index is 348. The molecular weight excluding hydrogens is 302 g/mol. The van der Waals surface area contributed by atoms with Crippen molar-refractivity contribution in [3.05, 3.63) is 0 Å². The van der Waals surface area contributed by atoms with E-state index in [0.717, 1.165) is 0 Å². The van der Waals surface area contributed by atoms with Crippen molar-refractivity contribution >= 4 is 33.7 Å². The zero-order valence-electron chi connectivity index (χ0n) is 10.3. The molecule has 1 heterocycles. The summed E-state index contributed by atoms with van der Waals surface area (Å²) in [4.78, 5) is 35.7. The number of halogens is 1. The van der Waals surface area contributed by atoms with E-state index in [0.29, 0.717) is 25.9 Å². The first-order chi connectivity index (χ1) is 8.49. The smallest absolute Gasteiger partial charge is 0.240 e. The van der Waals surface area contributed by atoms with Crippen LogP contribution in [0.4, 0.5) is 0 Å². The third-order valence-corrected chi connectivity index (χ3v) is 3.55. The van der Waals surface area contributed by atoms with Crippen LogP contribution < -0.4 is 11.1 Å². The fourth-order valence-corrected chi connectivity index (χ4v) is 2.33. The number of rotatable bonds is 6. The summed E-state index contributed by atoms with van der Waals surface area (Å²) in [5.41, 5.74) is 5.27. The van der Waals surface area contributed by atoms with E-state index >= 15 is 0 Å².